The van der Waals surface area contributed by atoms with E-state index in [9.17, 15) is 0 Å². The molecule has 0 atom stereocenters. The van der Waals surface area contributed by atoms with E-state index in [1.807, 2.05) is 73.3 Å². The van der Waals surface area contributed by atoms with Gasteiger partial charge in [-0.15, -0.1) is 0 Å². The lowest BCUT2D eigenvalue weighted by molar-refractivity contribution is 1.30. The molecule has 0 N–H and O–H groups in total. The summed E-state index contributed by atoms with van der Waals surface area (Å²) in [6, 6.07) is 61.0. The maximum atomic E-state index is 5.28. The monoisotopic (exact) mass is 715 g/mol. The van der Waals surface area contributed by atoms with Gasteiger partial charge in [0.15, 0.2) is 0 Å². The second kappa shape index (κ2) is 14.3. The van der Waals surface area contributed by atoms with Gasteiger partial charge in [-0.1, -0.05) is 109 Å². The molecule has 0 unspecified atom stereocenters. The predicted molar refractivity (Wildman–Crippen MR) is 228 cm³/mol. The SMILES string of the molecule is c1ccc(-c2ccc(-c3cc(-c4cc(-c5cc6ccccc6cn5)cc(-c5cc6ccccc6cn5)c4)cc(-c4ccc(-c5ccccn5)cc4)n3)cc2)nc1. The van der Waals surface area contributed by atoms with Crippen molar-refractivity contribution in [2.45, 2.75) is 0 Å². The maximum absolute atomic E-state index is 5.28. The highest BCUT2D eigenvalue weighted by Gasteiger charge is 2.15. The fourth-order valence-corrected chi connectivity index (χ4v) is 7.26. The lowest BCUT2D eigenvalue weighted by Crippen LogP contribution is -1.94. The molecule has 5 heteroatoms. The van der Waals surface area contributed by atoms with Crippen molar-refractivity contribution >= 4 is 21.5 Å². The molecule has 0 amide bonds. The fourth-order valence-electron chi connectivity index (χ4n) is 7.26. The minimum atomic E-state index is 0.874. The van der Waals surface area contributed by atoms with Crippen molar-refractivity contribution < 1.29 is 0 Å². The predicted octanol–water partition coefficient (Wildman–Crippen LogP) is 12.6. The number of aromatic nitrogens is 5. The summed E-state index contributed by atoms with van der Waals surface area (Å²) in [7, 11) is 0. The van der Waals surface area contributed by atoms with Gasteiger partial charge < -0.3 is 0 Å². The smallest absolute Gasteiger partial charge is 0.0715 e. The van der Waals surface area contributed by atoms with E-state index in [2.05, 4.69) is 137 Å². The summed E-state index contributed by atoms with van der Waals surface area (Å²) >= 11 is 0. The number of hydrogen-bond acceptors (Lipinski definition) is 5. The second-order valence-electron chi connectivity index (χ2n) is 13.8. The molecule has 56 heavy (non-hydrogen) atoms. The molecule has 0 fully saturated rings. The van der Waals surface area contributed by atoms with Gasteiger partial charge in [-0.25, -0.2) is 4.98 Å². The van der Waals surface area contributed by atoms with Crippen LogP contribution in [0.5, 0.6) is 0 Å². The summed E-state index contributed by atoms with van der Waals surface area (Å²) in [4.78, 5) is 24.3. The van der Waals surface area contributed by atoms with Crippen LogP contribution in [0, 0.1) is 0 Å². The summed E-state index contributed by atoms with van der Waals surface area (Å²) in [5.74, 6) is 0. The van der Waals surface area contributed by atoms with E-state index in [1.165, 1.54) is 0 Å². The van der Waals surface area contributed by atoms with Crippen LogP contribution in [-0.2, 0) is 0 Å². The molecule has 0 radical (unpaired) electrons. The van der Waals surface area contributed by atoms with E-state index >= 15 is 0 Å². The van der Waals surface area contributed by atoms with Crippen LogP contribution in [0.4, 0.5) is 0 Å². The largest absolute Gasteiger partial charge is 0.256 e. The third-order valence-corrected chi connectivity index (χ3v) is 10.2. The molecular formula is C51H33N5. The van der Waals surface area contributed by atoms with Crippen LogP contribution in [0.15, 0.2) is 201 Å². The van der Waals surface area contributed by atoms with Crippen molar-refractivity contribution in [1.82, 2.24) is 24.9 Å². The molecule has 5 aromatic heterocycles. The first-order chi connectivity index (χ1) is 27.7. The van der Waals surface area contributed by atoms with Crippen LogP contribution in [0.1, 0.15) is 0 Å². The van der Waals surface area contributed by atoms with Gasteiger partial charge in [-0.3, -0.25) is 19.9 Å². The first kappa shape index (κ1) is 33.0. The first-order valence-electron chi connectivity index (χ1n) is 18.6. The molecule has 10 rings (SSSR count). The zero-order valence-electron chi connectivity index (χ0n) is 30.3. The maximum Gasteiger partial charge on any atom is 0.0715 e. The minimum absolute atomic E-state index is 0.874. The molecule has 0 aliphatic rings. The van der Waals surface area contributed by atoms with Crippen molar-refractivity contribution in [1.29, 1.82) is 0 Å². The Bertz CT molecular complexity index is 2800. The average Bonchev–Trinajstić information content (AvgIpc) is 3.29. The van der Waals surface area contributed by atoms with E-state index in [4.69, 9.17) is 15.0 Å². The highest BCUT2D eigenvalue weighted by atomic mass is 14.7. The van der Waals surface area contributed by atoms with Crippen LogP contribution >= 0.6 is 0 Å². The standard InChI is InChI=1S/C51H33N5/c1-3-11-40-32-54-48(28-38(40)9-1)44-25-42(26-45(27-44)49-29-39-10-2-4-12-41(39)33-55-49)43-30-50(36-19-15-34(16-20-36)46-13-5-7-23-52-46)56-51(31-43)37-21-17-35(18-22-37)47-14-6-8-24-53-47/h1-33H. The fraction of sp³-hybridized carbons (Fsp3) is 0. The molecule has 5 aromatic carbocycles. The van der Waals surface area contributed by atoms with Gasteiger partial charge in [0.2, 0.25) is 0 Å². The van der Waals surface area contributed by atoms with Crippen molar-refractivity contribution in [3.8, 4) is 78.7 Å². The lowest BCUT2D eigenvalue weighted by Gasteiger charge is -2.14. The molecule has 0 bridgehead atoms. The van der Waals surface area contributed by atoms with Gasteiger partial charge in [-0.05, 0) is 88.6 Å². The lowest BCUT2D eigenvalue weighted by atomic mass is 9.94. The van der Waals surface area contributed by atoms with Crippen molar-refractivity contribution in [2.75, 3.05) is 0 Å². The molecule has 0 saturated heterocycles. The Kier molecular flexibility index (Phi) is 8.43. The number of fused-ring (bicyclic) bond motifs is 2. The molecule has 0 spiro atoms. The topological polar surface area (TPSA) is 64.5 Å². The highest BCUT2D eigenvalue weighted by molar-refractivity contribution is 5.90. The summed E-state index contributed by atoms with van der Waals surface area (Å²) in [5.41, 5.74) is 13.7. The summed E-state index contributed by atoms with van der Waals surface area (Å²) < 4.78 is 0. The van der Waals surface area contributed by atoms with Gasteiger partial charge in [0.1, 0.15) is 0 Å². The number of rotatable bonds is 7. The zero-order chi connectivity index (χ0) is 37.3. The Morgan fingerprint density at radius 2 is 0.607 bits per heavy atom. The van der Waals surface area contributed by atoms with E-state index in [0.717, 1.165) is 100 Å². The van der Waals surface area contributed by atoms with E-state index < -0.39 is 0 Å². The molecule has 10 aromatic rings. The molecule has 5 heterocycles. The van der Waals surface area contributed by atoms with Gasteiger partial charge in [0.25, 0.3) is 0 Å². The normalized spacial score (nSPS) is 11.2. The second-order valence-corrected chi connectivity index (χ2v) is 13.8. The van der Waals surface area contributed by atoms with E-state index in [-0.39, 0.29) is 0 Å². The van der Waals surface area contributed by atoms with Crippen LogP contribution in [0.2, 0.25) is 0 Å². The van der Waals surface area contributed by atoms with Gasteiger partial charge in [0, 0.05) is 68.9 Å². The van der Waals surface area contributed by atoms with Crippen LogP contribution in [-0.4, -0.2) is 24.9 Å². The van der Waals surface area contributed by atoms with Gasteiger partial charge >= 0.3 is 0 Å². The Labute approximate surface area is 324 Å². The van der Waals surface area contributed by atoms with Gasteiger partial charge in [-0.2, -0.15) is 0 Å². The number of hydrogen-bond donors (Lipinski definition) is 0. The quantitative estimate of drug-likeness (QED) is 0.164. The summed E-state index contributed by atoms with van der Waals surface area (Å²) in [5, 5.41) is 4.50. The highest BCUT2D eigenvalue weighted by Crippen LogP contribution is 2.37. The minimum Gasteiger partial charge on any atom is -0.256 e. The molecule has 0 aliphatic heterocycles. The number of pyridine rings is 5. The molecule has 262 valence electrons. The summed E-state index contributed by atoms with van der Waals surface area (Å²) in [6.45, 7) is 0. The van der Waals surface area contributed by atoms with E-state index in [1.54, 1.807) is 0 Å². The molecule has 0 aliphatic carbocycles. The zero-order valence-corrected chi connectivity index (χ0v) is 30.3. The Morgan fingerprint density at radius 1 is 0.232 bits per heavy atom. The molecule has 5 nitrogen and oxygen atoms in total. The van der Waals surface area contributed by atoms with Crippen LogP contribution in [0.3, 0.4) is 0 Å². The average molecular weight is 716 g/mol. The number of benzene rings is 5. The Morgan fingerprint density at radius 3 is 1.04 bits per heavy atom. The van der Waals surface area contributed by atoms with Crippen molar-refractivity contribution in [3.63, 3.8) is 0 Å². The Hall–Kier alpha value is -7.63. The van der Waals surface area contributed by atoms with Crippen molar-refractivity contribution in [2.24, 2.45) is 0 Å². The molecular weight excluding hydrogens is 683 g/mol. The third-order valence-electron chi connectivity index (χ3n) is 10.2. The van der Waals surface area contributed by atoms with E-state index in [0.29, 0.717) is 0 Å². The Balaban J connectivity index is 1.15. The summed E-state index contributed by atoms with van der Waals surface area (Å²) in [6.07, 6.45) is 7.56. The van der Waals surface area contributed by atoms with Crippen LogP contribution in [0.25, 0.3) is 100 Å². The first-order valence-corrected chi connectivity index (χ1v) is 18.6. The third kappa shape index (κ3) is 6.59. The van der Waals surface area contributed by atoms with Crippen LogP contribution < -0.4 is 0 Å². The van der Waals surface area contributed by atoms with Crippen molar-refractivity contribution in [3.05, 3.63) is 201 Å². The van der Waals surface area contributed by atoms with Gasteiger partial charge in [0.05, 0.1) is 34.2 Å². The molecule has 0 saturated carbocycles. The number of nitrogens with zero attached hydrogens (tertiary/aromatic N) is 5.